The molecule has 1 amide bonds. The van der Waals surface area contributed by atoms with E-state index in [4.69, 9.17) is 4.74 Å². The molecule has 5 heteroatoms. The molecule has 0 radical (unpaired) electrons. The summed E-state index contributed by atoms with van der Waals surface area (Å²) in [5.41, 5.74) is 3.40. The number of carbonyl (C=O) groups is 1. The Kier molecular flexibility index (Phi) is 6.10. The molecule has 0 spiro atoms. The van der Waals surface area contributed by atoms with Gasteiger partial charge >= 0.3 is 0 Å². The second-order valence-electron chi connectivity index (χ2n) is 6.72. The molecule has 26 heavy (non-hydrogen) atoms. The van der Waals surface area contributed by atoms with Gasteiger partial charge in [-0.1, -0.05) is 12.1 Å². The van der Waals surface area contributed by atoms with Gasteiger partial charge in [-0.2, -0.15) is 0 Å². The van der Waals surface area contributed by atoms with Crippen molar-refractivity contribution in [3.63, 3.8) is 0 Å². The second-order valence-corrected chi connectivity index (χ2v) is 6.72. The highest BCUT2D eigenvalue weighted by molar-refractivity contribution is 5.76. The van der Waals surface area contributed by atoms with E-state index < -0.39 is 0 Å². The van der Waals surface area contributed by atoms with Crippen molar-refractivity contribution < 1.29 is 9.53 Å². The Balaban J connectivity index is 1.52. The van der Waals surface area contributed by atoms with Gasteiger partial charge in [0.15, 0.2) is 0 Å². The summed E-state index contributed by atoms with van der Waals surface area (Å²) < 4.78 is 5.17. The number of nitrogens with zero attached hydrogens (tertiary/aromatic N) is 3. The van der Waals surface area contributed by atoms with Crippen LogP contribution in [0.4, 0.5) is 5.69 Å². The van der Waals surface area contributed by atoms with Crippen LogP contribution in [-0.4, -0.2) is 49.1 Å². The van der Waals surface area contributed by atoms with E-state index in [9.17, 15) is 4.79 Å². The number of aryl methyl sites for hydroxylation is 2. The van der Waals surface area contributed by atoms with E-state index in [0.29, 0.717) is 6.42 Å². The lowest BCUT2D eigenvalue weighted by Gasteiger charge is -2.24. The molecule has 0 saturated carbocycles. The molecule has 1 fully saturated rings. The molecule has 0 bridgehead atoms. The topological polar surface area (TPSA) is 45.7 Å². The van der Waals surface area contributed by atoms with Gasteiger partial charge in [0.05, 0.1) is 7.11 Å². The lowest BCUT2D eigenvalue weighted by atomic mass is 10.1. The predicted octanol–water partition coefficient (Wildman–Crippen LogP) is 3.07. The Morgan fingerprint density at radius 3 is 2.65 bits per heavy atom. The van der Waals surface area contributed by atoms with Crippen molar-refractivity contribution in [2.24, 2.45) is 0 Å². The minimum Gasteiger partial charge on any atom is -0.497 e. The van der Waals surface area contributed by atoms with E-state index in [1.807, 2.05) is 48.4 Å². The molecule has 1 aromatic heterocycles. The first-order chi connectivity index (χ1) is 12.7. The number of hydrogen-bond acceptors (Lipinski definition) is 4. The standard InChI is InChI=1S/C21H27N3O2/c1-17-16-19(10-11-22-17)23-12-3-13-24(15-14-23)21(25)9-6-18-4-7-20(26-2)8-5-18/h4-5,7-8,10-11,16H,3,6,9,12-15H2,1-2H3. The fourth-order valence-corrected chi connectivity index (χ4v) is 3.35. The summed E-state index contributed by atoms with van der Waals surface area (Å²) in [4.78, 5) is 21.2. The molecule has 1 aromatic carbocycles. The van der Waals surface area contributed by atoms with Gasteiger partial charge in [-0.3, -0.25) is 9.78 Å². The zero-order valence-electron chi connectivity index (χ0n) is 15.6. The van der Waals surface area contributed by atoms with Crippen LogP contribution in [0, 0.1) is 6.92 Å². The first-order valence-corrected chi connectivity index (χ1v) is 9.24. The smallest absolute Gasteiger partial charge is 0.222 e. The van der Waals surface area contributed by atoms with Crippen LogP contribution in [0.1, 0.15) is 24.1 Å². The van der Waals surface area contributed by atoms with Crippen molar-refractivity contribution in [1.29, 1.82) is 0 Å². The largest absolute Gasteiger partial charge is 0.497 e. The van der Waals surface area contributed by atoms with Crippen LogP contribution >= 0.6 is 0 Å². The van der Waals surface area contributed by atoms with Gasteiger partial charge in [-0.15, -0.1) is 0 Å². The number of aromatic nitrogens is 1. The lowest BCUT2D eigenvalue weighted by molar-refractivity contribution is -0.130. The molecule has 0 aliphatic carbocycles. The van der Waals surface area contributed by atoms with Crippen LogP contribution in [0.2, 0.25) is 0 Å². The van der Waals surface area contributed by atoms with Crippen molar-refractivity contribution in [2.45, 2.75) is 26.2 Å². The molecule has 2 heterocycles. The number of rotatable bonds is 5. The molecule has 1 aliphatic rings. The highest BCUT2D eigenvalue weighted by Crippen LogP contribution is 2.18. The maximum Gasteiger partial charge on any atom is 0.222 e. The fraction of sp³-hybridized carbons (Fsp3) is 0.429. The Hall–Kier alpha value is -2.56. The number of benzene rings is 1. The average molecular weight is 353 g/mol. The molecular formula is C21H27N3O2. The van der Waals surface area contributed by atoms with Crippen LogP contribution in [0.5, 0.6) is 5.75 Å². The molecule has 0 unspecified atom stereocenters. The van der Waals surface area contributed by atoms with E-state index in [-0.39, 0.29) is 5.91 Å². The number of anilines is 1. The van der Waals surface area contributed by atoms with Crippen LogP contribution in [0.3, 0.4) is 0 Å². The summed E-state index contributed by atoms with van der Waals surface area (Å²) in [5.74, 6) is 1.09. The van der Waals surface area contributed by atoms with Crippen LogP contribution in [0.25, 0.3) is 0 Å². The number of ether oxygens (including phenoxy) is 1. The van der Waals surface area contributed by atoms with Crippen molar-refractivity contribution in [3.8, 4) is 5.75 Å². The third-order valence-corrected chi connectivity index (χ3v) is 4.88. The number of pyridine rings is 1. The summed E-state index contributed by atoms with van der Waals surface area (Å²) in [6.45, 7) is 5.48. The first kappa shape index (κ1) is 18.2. The first-order valence-electron chi connectivity index (χ1n) is 9.24. The lowest BCUT2D eigenvalue weighted by Crippen LogP contribution is -2.35. The molecule has 1 saturated heterocycles. The van der Waals surface area contributed by atoms with Gasteiger partial charge in [-0.05, 0) is 49.6 Å². The monoisotopic (exact) mass is 353 g/mol. The summed E-state index contributed by atoms with van der Waals surface area (Å²) in [6.07, 6.45) is 4.18. The van der Waals surface area contributed by atoms with Crippen molar-refractivity contribution in [1.82, 2.24) is 9.88 Å². The number of carbonyl (C=O) groups excluding carboxylic acids is 1. The summed E-state index contributed by atoms with van der Waals surface area (Å²) in [6, 6.07) is 12.1. The normalized spacial score (nSPS) is 14.8. The van der Waals surface area contributed by atoms with Gasteiger partial charge in [0.1, 0.15) is 5.75 Å². The number of hydrogen-bond donors (Lipinski definition) is 0. The SMILES string of the molecule is COc1ccc(CCC(=O)N2CCCN(c3ccnc(C)c3)CC2)cc1. The van der Waals surface area contributed by atoms with Crippen LogP contribution in [-0.2, 0) is 11.2 Å². The third-order valence-electron chi connectivity index (χ3n) is 4.88. The molecule has 0 atom stereocenters. The van der Waals surface area contributed by atoms with Crippen LogP contribution in [0.15, 0.2) is 42.6 Å². The average Bonchev–Trinajstić information content (AvgIpc) is 2.93. The van der Waals surface area contributed by atoms with E-state index in [0.717, 1.165) is 50.5 Å². The molecule has 0 N–H and O–H groups in total. The Labute approximate surface area is 155 Å². The summed E-state index contributed by atoms with van der Waals surface area (Å²) in [5, 5.41) is 0. The second kappa shape index (κ2) is 8.70. The van der Waals surface area contributed by atoms with Gasteiger partial charge in [0.2, 0.25) is 5.91 Å². The van der Waals surface area contributed by atoms with Gasteiger partial charge in [-0.25, -0.2) is 0 Å². The molecular weight excluding hydrogens is 326 g/mol. The zero-order chi connectivity index (χ0) is 18.4. The Morgan fingerprint density at radius 2 is 1.92 bits per heavy atom. The van der Waals surface area contributed by atoms with E-state index in [1.165, 1.54) is 11.3 Å². The van der Waals surface area contributed by atoms with E-state index >= 15 is 0 Å². The third kappa shape index (κ3) is 4.75. The maximum absolute atomic E-state index is 12.6. The zero-order valence-corrected chi connectivity index (χ0v) is 15.6. The minimum absolute atomic E-state index is 0.244. The van der Waals surface area contributed by atoms with E-state index in [1.54, 1.807) is 7.11 Å². The highest BCUT2D eigenvalue weighted by atomic mass is 16.5. The molecule has 1 aliphatic heterocycles. The summed E-state index contributed by atoms with van der Waals surface area (Å²) >= 11 is 0. The van der Waals surface area contributed by atoms with Gasteiger partial charge in [0.25, 0.3) is 0 Å². The Morgan fingerprint density at radius 1 is 1.12 bits per heavy atom. The van der Waals surface area contributed by atoms with E-state index in [2.05, 4.69) is 16.0 Å². The van der Waals surface area contributed by atoms with Crippen molar-refractivity contribution in [3.05, 3.63) is 53.9 Å². The maximum atomic E-state index is 12.6. The Bertz CT molecular complexity index is 730. The van der Waals surface area contributed by atoms with Crippen molar-refractivity contribution in [2.75, 3.05) is 38.2 Å². The molecule has 2 aromatic rings. The van der Waals surface area contributed by atoms with Gasteiger partial charge < -0.3 is 14.5 Å². The quantitative estimate of drug-likeness (QED) is 0.829. The van der Waals surface area contributed by atoms with Gasteiger partial charge in [0, 0.05) is 50.2 Å². The number of amides is 1. The number of methoxy groups -OCH3 is 1. The minimum atomic E-state index is 0.244. The molecule has 138 valence electrons. The van der Waals surface area contributed by atoms with Crippen LogP contribution < -0.4 is 9.64 Å². The molecule has 5 nitrogen and oxygen atoms in total. The summed E-state index contributed by atoms with van der Waals surface area (Å²) in [7, 11) is 1.66. The fourth-order valence-electron chi connectivity index (χ4n) is 3.35. The molecule has 3 rings (SSSR count). The highest BCUT2D eigenvalue weighted by Gasteiger charge is 2.19. The van der Waals surface area contributed by atoms with Crippen molar-refractivity contribution >= 4 is 11.6 Å². The predicted molar refractivity (Wildman–Crippen MR) is 104 cm³/mol.